The van der Waals surface area contributed by atoms with Gasteiger partial charge in [-0.1, -0.05) is 20.8 Å². The molecule has 0 aliphatic rings. The summed E-state index contributed by atoms with van der Waals surface area (Å²) in [5, 5.41) is 12.5. The minimum atomic E-state index is -0.437. The summed E-state index contributed by atoms with van der Waals surface area (Å²) >= 11 is 0. The zero-order valence-electron chi connectivity index (χ0n) is 11.7. The Kier molecular flexibility index (Phi) is 6.62. The normalized spacial score (nSPS) is 15.5. The summed E-state index contributed by atoms with van der Waals surface area (Å²) in [6.07, 6.45) is 0. The van der Waals surface area contributed by atoms with Gasteiger partial charge in [0.2, 0.25) is 0 Å². The fourth-order valence-electron chi connectivity index (χ4n) is 1.85. The quantitative estimate of drug-likeness (QED) is 0.722. The van der Waals surface area contributed by atoms with Crippen molar-refractivity contribution in [2.24, 2.45) is 5.92 Å². The van der Waals surface area contributed by atoms with Crippen LogP contribution in [0.4, 0.5) is 0 Å². The Balaban J connectivity index is 4.53. The molecule has 16 heavy (non-hydrogen) atoms. The van der Waals surface area contributed by atoms with Gasteiger partial charge in [-0.15, -0.1) is 0 Å². The highest BCUT2D eigenvalue weighted by Crippen LogP contribution is 2.11. The Morgan fingerprint density at radius 3 is 2.19 bits per heavy atom. The van der Waals surface area contributed by atoms with Gasteiger partial charge < -0.3 is 0 Å². The van der Waals surface area contributed by atoms with Crippen LogP contribution in [-0.4, -0.2) is 36.1 Å². The molecule has 0 aromatic heterocycles. The number of likely N-dealkylation sites (N-methyl/N-ethyl adjacent to an activating group) is 1. The lowest BCUT2D eigenvalue weighted by atomic mass is 10.0. The minimum Gasteiger partial charge on any atom is -0.299 e. The van der Waals surface area contributed by atoms with Gasteiger partial charge in [-0.3, -0.25) is 10.2 Å². The van der Waals surface area contributed by atoms with Crippen molar-refractivity contribution in [3.63, 3.8) is 0 Å². The van der Waals surface area contributed by atoms with E-state index in [0.717, 1.165) is 19.6 Å². The Hall–Kier alpha value is -0.590. The highest BCUT2D eigenvalue weighted by atomic mass is 15.2. The van der Waals surface area contributed by atoms with E-state index in [1.54, 1.807) is 0 Å². The molecule has 1 N–H and O–H groups in total. The molecule has 3 nitrogen and oxygen atoms in total. The summed E-state index contributed by atoms with van der Waals surface area (Å²) in [5.74, 6) is 0.631. The molecule has 0 fully saturated rings. The fourth-order valence-corrected chi connectivity index (χ4v) is 1.85. The molecular formula is C13H27N3. The lowest BCUT2D eigenvalue weighted by molar-refractivity contribution is 0.162. The molecule has 0 amide bonds. The highest BCUT2D eigenvalue weighted by molar-refractivity contribution is 5.05. The van der Waals surface area contributed by atoms with E-state index in [0.29, 0.717) is 12.0 Å². The predicted octanol–water partition coefficient (Wildman–Crippen LogP) is 2.24. The number of nitrogens with one attached hydrogen (secondary N) is 1. The first-order chi connectivity index (χ1) is 7.34. The molecule has 0 heterocycles. The Morgan fingerprint density at radius 1 is 1.31 bits per heavy atom. The third-order valence-electron chi connectivity index (χ3n) is 2.66. The summed E-state index contributed by atoms with van der Waals surface area (Å²) in [7, 11) is 0. The first-order valence-electron chi connectivity index (χ1n) is 6.25. The minimum absolute atomic E-state index is 0.437. The summed E-state index contributed by atoms with van der Waals surface area (Å²) in [6.45, 7) is 15.5. The van der Waals surface area contributed by atoms with Crippen molar-refractivity contribution in [2.45, 2.75) is 53.1 Å². The maximum atomic E-state index is 9.24. The molecule has 0 rings (SSSR count). The van der Waals surface area contributed by atoms with Crippen LogP contribution in [0.25, 0.3) is 0 Å². The molecule has 1 unspecified atom stereocenters. The molecule has 0 bridgehead atoms. The number of hydrogen-bond acceptors (Lipinski definition) is 3. The zero-order chi connectivity index (χ0) is 12.8. The summed E-state index contributed by atoms with van der Waals surface area (Å²) in [5.41, 5.74) is -0.437. The third-order valence-corrected chi connectivity index (χ3v) is 2.66. The molecule has 94 valence electrons. The van der Waals surface area contributed by atoms with Crippen molar-refractivity contribution in [1.29, 1.82) is 5.26 Å². The summed E-state index contributed by atoms with van der Waals surface area (Å²) < 4.78 is 0. The van der Waals surface area contributed by atoms with Crippen LogP contribution >= 0.6 is 0 Å². The standard InChI is InChI=1S/C13H27N3/c1-7-15-13(6,9-14)10-16(12(4)5)8-11(2)3/h11-12,15H,7-8,10H2,1-6H3. The third kappa shape index (κ3) is 5.48. The van der Waals surface area contributed by atoms with E-state index in [9.17, 15) is 5.26 Å². The molecule has 3 heteroatoms. The average molecular weight is 225 g/mol. The molecular weight excluding hydrogens is 198 g/mol. The van der Waals surface area contributed by atoms with E-state index in [-0.39, 0.29) is 0 Å². The summed E-state index contributed by atoms with van der Waals surface area (Å²) in [4.78, 5) is 2.37. The smallest absolute Gasteiger partial charge is 0.116 e. The second-order valence-corrected chi connectivity index (χ2v) is 5.39. The summed E-state index contributed by atoms with van der Waals surface area (Å²) in [6, 6.07) is 2.87. The zero-order valence-corrected chi connectivity index (χ0v) is 11.7. The van der Waals surface area contributed by atoms with Crippen molar-refractivity contribution in [2.75, 3.05) is 19.6 Å². The van der Waals surface area contributed by atoms with Crippen molar-refractivity contribution in [3.8, 4) is 6.07 Å². The predicted molar refractivity (Wildman–Crippen MR) is 69.2 cm³/mol. The van der Waals surface area contributed by atoms with Crippen molar-refractivity contribution >= 4 is 0 Å². The van der Waals surface area contributed by atoms with E-state index >= 15 is 0 Å². The molecule has 0 aliphatic heterocycles. The van der Waals surface area contributed by atoms with E-state index in [2.05, 4.69) is 44.0 Å². The molecule has 0 aromatic carbocycles. The second kappa shape index (κ2) is 6.88. The number of hydrogen-bond donors (Lipinski definition) is 1. The fraction of sp³-hybridized carbons (Fsp3) is 0.923. The highest BCUT2D eigenvalue weighted by Gasteiger charge is 2.27. The van der Waals surface area contributed by atoms with Gasteiger partial charge in [-0.2, -0.15) is 5.26 Å². The van der Waals surface area contributed by atoms with Gasteiger partial charge >= 0.3 is 0 Å². The van der Waals surface area contributed by atoms with Gasteiger partial charge in [0, 0.05) is 19.1 Å². The van der Waals surface area contributed by atoms with E-state index in [1.807, 2.05) is 13.8 Å². The topological polar surface area (TPSA) is 39.1 Å². The maximum Gasteiger partial charge on any atom is 0.116 e. The molecule has 0 spiro atoms. The molecule has 0 radical (unpaired) electrons. The SMILES string of the molecule is CCNC(C)(C#N)CN(CC(C)C)C(C)C. The Morgan fingerprint density at radius 2 is 1.88 bits per heavy atom. The van der Waals surface area contributed by atoms with Crippen LogP contribution in [0.2, 0.25) is 0 Å². The van der Waals surface area contributed by atoms with Crippen molar-refractivity contribution < 1.29 is 0 Å². The Labute approximate surface area is 101 Å². The number of nitrogens with zero attached hydrogens (tertiary/aromatic N) is 2. The van der Waals surface area contributed by atoms with Crippen LogP contribution in [0, 0.1) is 17.2 Å². The average Bonchev–Trinajstić information content (AvgIpc) is 2.16. The van der Waals surface area contributed by atoms with Crippen molar-refractivity contribution in [3.05, 3.63) is 0 Å². The van der Waals surface area contributed by atoms with Gasteiger partial charge in [0.1, 0.15) is 5.54 Å². The van der Waals surface area contributed by atoms with Gasteiger partial charge in [0.05, 0.1) is 6.07 Å². The van der Waals surface area contributed by atoms with Gasteiger partial charge in [0.25, 0.3) is 0 Å². The molecule has 0 saturated carbocycles. The van der Waals surface area contributed by atoms with Crippen LogP contribution in [0.1, 0.15) is 41.5 Å². The van der Waals surface area contributed by atoms with Gasteiger partial charge in [0.15, 0.2) is 0 Å². The lowest BCUT2D eigenvalue weighted by Crippen LogP contribution is -2.52. The van der Waals surface area contributed by atoms with Crippen LogP contribution in [0.5, 0.6) is 0 Å². The molecule has 0 aliphatic carbocycles. The van der Waals surface area contributed by atoms with Gasteiger partial charge in [-0.25, -0.2) is 0 Å². The van der Waals surface area contributed by atoms with E-state index < -0.39 is 5.54 Å². The van der Waals surface area contributed by atoms with Crippen LogP contribution < -0.4 is 5.32 Å². The second-order valence-electron chi connectivity index (χ2n) is 5.39. The molecule has 0 saturated heterocycles. The first kappa shape index (κ1) is 15.4. The number of nitriles is 1. The van der Waals surface area contributed by atoms with Crippen LogP contribution in [-0.2, 0) is 0 Å². The monoisotopic (exact) mass is 225 g/mol. The molecule has 1 atom stereocenters. The maximum absolute atomic E-state index is 9.24. The lowest BCUT2D eigenvalue weighted by Gasteiger charge is -2.34. The van der Waals surface area contributed by atoms with E-state index in [1.165, 1.54) is 0 Å². The number of rotatable bonds is 7. The van der Waals surface area contributed by atoms with Crippen molar-refractivity contribution in [1.82, 2.24) is 10.2 Å². The van der Waals surface area contributed by atoms with Crippen LogP contribution in [0.15, 0.2) is 0 Å². The largest absolute Gasteiger partial charge is 0.299 e. The first-order valence-corrected chi connectivity index (χ1v) is 6.25. The van der Waals surface area contributed by atoms with Crippen LogP contribution in [0.3, 0.4) is 0 Å². The Bertz CT molecular complexity index is 230. The van der Waals surface area contributed by atoms with Gasteiger partial charge in [-0.05, 0) is 33.2 Å². The molecule has 0 aromatic rings. The van der Waals surface area contributed by atoms with E-state index in [4.69, 9.17) is 0 Å².